The van der Waals surface area contributed by atoms with E-state index < -0.39 is 11.6 Å². The van der Waals surface area contributed by atoms with Gasteiger partial charge in [-0.15, -0.1) is 0 Å². The lowest BCUT2D eigenvalue weighted by Gasteiger charge is -2.15. The molecule has 4 heteroatoms. The number of methoxy groups -OCH3 is 1. The number of benzene rings is 2. The Morgan fingerprint density at radius 1 is 1.05 bits per heavy atom. The molecule has 1 unspecified atom stereocenters. The predicted molar refractivity (Wildman–Crippen MR) is 84.0 cm³/mol. The molecule has 0 aliphatic heterocycles. The molecule has 0 saturated carbocycles. The van der Waals surface area contributed by atoms with Crippen LogP contribution in [0.2, 0.25) is 0 Å². The van der Waals surface area contributed by atoms with E-state index in [4.69, 9.17) is 4.74 Å². The minimum Gasteiger partial charge on any atom is -0.497 e. The first kappa shape index (κ1) is 16.0. The van der Waals surface area contributed by atoms with Crippen LogP contribution in [0.5, 0.6) is 5.75 Å². The van der Waals surface area contributed by atoms with Gasteiger partial charge in [-0.3, -0.25) is 0 Å². The molecule has 0 radical (unpaired) electrons. The van der Waals surface area contributed by atoms with Crippen molar-refractivity contribution in [2.45, 2.75) is 12.8 Å². The minimum absolute atomic E-state index is 0.248. The zero-order chi connectivity index (χ0) is 15.2. The third kappa shape index (κ3) is 4.53. The molecule has 1 atom stereocenters. The van der Waals surface area contributed by atoms with Crippen molar-refractivity contribution in [3.05, 3.63) is 65.2 Å². The third-order valence-electron chi connectivity index (χ3n) is 3.43. The molecule has 0 amide bonds. The van der Waals surface area contributed by atoms with Gasteiger partial charge in [-0.25, -0.2) is 8.78 Å². The number of hydrogen-bond acceptors (Lipinski definition) is 1. The van der Waals surface area contributed by atoms with Crippen molar-refractivity contribution < 1.29 is 13.5 Å². The second-order valence-corrected chi connectivity index (χ2v) is 5.66. The van der Waals surface area contributed by atoms with E-state index in [1.807, 2.05) is 24.3 Å². The number of ether oxygens (including phenoxy) is 1. The normalized spacial score (nSPS) is 12.2. The number of hydrogen-bond donors (Lipinski definition) is 0. The molecule has 21 heavy (non-hydrogen) atoms. The quantitative estimate of drug-likeness (QED) is 0.679. The molecule has 0 spiro atoms. The number of halogens is 3. The molecule has 0 bridgehead atoms. The van der Waals surface area contributed by atoms with Gasteiger partial charge in [-0.2, -0.15) is 0 Å². The van der Waals surface area contributed by atoms with Crippen LogP contribution in [0.1, 0.15) is 11.1 Å². The fourth-order valence-corrected chi connectivity index (χ4v) is 2.73. The molecule has 0 aliphatic rings. The van der Waals surface area contributed by atoms with Gasteiger partial charge in [0.2, 0.25) is 0 Å². The highest BCUT2D eigenvalue weighted by molar-refractivity contribution is 9.09. The van der Waals surface area contributed by atoms with Gasteiger partial charge in [-0.1, -0.05) is 34.1 Å². The van der Waals surface area contributed by atoms with Crippen LogP contribution in [0.15, 0.2) is 42.5 Å². The van der Waals surface area contributed by atoms with Crippen LogP contribution < -0.4 is 4.74 Å². The molecular weight excluding hydrogens is 338 g/mol. The first-order valence-electron chi connectivity index (χ1n) is 6.75. The first-order chi connectivity index (χ1) is 10.1. The van der Waals surface area contributed by atoms with Crippen LogP contribution in [0, 0.1) is 17.6 Å². The molecular formula is C17H17BrF2O. The average Bonchev–Trinajstić information content (AvgIpc) is 2.49. The summed E-state index contributed by atoms with van der Waals surface area (Å²) in [6, 6.07) is 11.6. The summed E-state index contributed by atoms with van der Waals surface area (Å²) in [4.78, 5) is 0. The highest BCUT2D eigenvalue weighted by atomic mass is 79.9. The summed E-state index contributed by atoms with van der Waals surface area (Å²) in [6.07, 6.45) is 1.40. The maximum absolute atomic E-state index is 13.7. The van der Waals surface area contributed by atoms with E-state index in [0.717, 1.165) is 23.6 Å². The van der Waals surface area contributed by atoms with Gasteiger partial charge >= 0.3 is 0 Å². The highest BCUT2D eigenvalue weighted by Crippen LogP contribution is 2.21. The number of alkyl halides is 1. The molecule has 0 fully saturated rings. The zero-order valence-corrected chi connectivity index (χ0v) is 13.4. The third-order valence-corrected chi connectivity index (χ3v) is 4.34. The lowest BCUT2D eigenvalue weighted by molar-refractivity contribution is 0.414. The van der Waals surface area contributed by atoms with Gasteiger partial charge in [0.05, 0.1) is 7.11 Å². The summed E-state index contributed by atoms with van der Waals surface area (Å²) in [5.74, 6) is 0.0505. The summed E-state index contributed by atoms with van der Waals surface area (Å²) in [5.41, 5.74) is 1.72. The summed E-state index contributed by atoms with van der Waals surface area (Å²) >= 11 is 3.48. The summed E-state index contributed by atoms with van der Waals surface area (Å²) in [5, 5.41) is 0.760. The van der Waals surface area contributed by atoms with Crippen molar-refractivity contribution in [2.24, 2.45) is 5.92 Å². The summed E-state index contributed by atoms with van der Waals surface area (Å²) in [6.45, 7) is 0. The van der Waals surface area contributed by atoms with Gasteiger partial charge in [0, 0.05) is 11.4 Å². The second-order valence-electron chi connectivity index (χ2n) is 5.01. The van der Waals surface area contributed by atoms with Gasteiger partial charge < -0.3 is 4.74 Å². The van der Waals surface area contributed by atoms with Gasteiger partial charge in [-0.05, 0) is 48.1 Å². The van der Waals surface area contributed by atoms with Gasteiger partial charge in [0.15, 0.2) is 0 Å². The SMILES string of the molecule is COc1ccc(CC(CBr)Cc2ccc(F)cc2F)cc1. The summed E-state index contributed by atoms with van der Waals surface area (Å²) < 4.78 is 31.8. The molecule has 112 valence electrons. The van der Waals surface area contributed by atoms with E-state index in [2.05, 4.69) is 15.9 Å². The molecule has 0 aromatic heterocycles. The molecule has 2 aromatic rings. The Bertz CT molecular complexity index is 584. The fraction of sp³-hybridized carbons (Fsp3) is 0.294. The van der Waals surface area contributed by atoms with Crippen molar-refractivity contribution in [3.63, 3.8) is 0 Å². The number of rotatable bonds is 6. The minimum atomic E-state index is -0.540. The Kier molecular flexibility index (Phi) is 5.74. The largest absolute Gasteiger partial charge is 0.497 e. The van der Waals surface area contributed by atoms with Crippen LogP contribution >= 0.6 is 15.9 Å². The Morgan fingerprint density at radius 2 is 1.76 bits per heavy atom. The first-order valence-corrected chi connectivity index (χ1v) is 7.87. The lowest BCUT2D eigenvalue weighted by Crippen LogP contribution is -2.11. The van der Waals surface area contributed by atoms with Crippen molar-refractivity contribution >= 4 is 15.9 Å². The van der Waals surface area contributed by atoms with Gasteiger partial charge in [0.25, 0.3) is 0 Å². The van der Waals surface area contributed by atoms with Crippen LogP contribution in [0.4, 0.5) is 8.78 Å². The molecule has 2 rings (SSSR count). The summed E-state index contributed by atoms with van der Waals surface area (Å²) in [7, 11) is 1.63. The monoisotopic (exact) mass is 354 g/mol. The van der Waals surface area contributed by atoms with Crippen molar-refractivity contribution in [1.82, 2.24) is 0 Å². The van der Waals surface area contributed by atoms with Crippen molar-refractivity contribution in [1.29, 1.82) is 0 Å². The Morgan fingerprint density at radius 3 is 2.33 bits per heavy atom. The molecule has 0 heterocycles. The van der Waals surface area contributed by atoms with Crippen LogP contribution in [0.25, 0.3) is 0 Å². The Balaban J connectivity index is 2.05. The Hall–Kier alpha value is -1.42. The maximum Gasteiger partial charge on any atom is 0.129 e. The molecule has 1 nitrogen and oxygen atoms in total. The van der Waals surface area contributed by atoms with E-state index in [0.29, 0.717) is 12.0 Å². The van der Waals surface area contributed by atoms with E-state index in [-0.39, 0.29) is 5.92 Å². The van der Waals surface area contributed by atoms with Crippen molar-refractivity contribution in [2.75, 3.05) is 12.4 Å². The van der Waals surface area contributed by atoms with Crippen LogP contribution in [-0.4, -0.2) is 12.4 Å². The van der Waals surface area contributed by atoms with Crippen LogP contribution in [0.3, 0.4) is 0 Å². The Labute approximate surface area is 132 Å². The van der Waals surface area contributed by atoms with E-state index in [1.165, 1.54) is 17.7 Å². The molecule has 0 aliphatic carbocycles. The molecule has 0 saturated heterocycles. The zero-order valence-electron chi connectivity index (χ0n) is 11.8. The highest BCUT2D eigenvalue weighted by Gasteiger charge is 2.13. The maximum atomic E-state index is 13.7. The fourth-order valence-electron chi connectivity index (χ4n) is 2.27. The van der Waals surface area contributed by atoms with E-state index >= 15 is 0 Å². The van der Waals surface area contributed by atoms with Gasteiger partial charge in [0.1, 0.15) is 17.4 Å². The average molecular weight is 355 g/mol. The van der Waals surface area contributed by atoms with E-state index in [1.54, 1.807) is 7.11 Å². The smallest absolute Gasteiger partial charge is 0.129 e. The lowest BCUT2D eigenvalue weighted by atomic mass is 9.94. The standard InChI is InChI=1S/C17H17BrF2O/c1-21-16-6-2-12(3-7-16)8-13(11-18)9-14-4-5-15(19)10-17(14)20/h2-7,10,13H,8-9,11H2,1H3. The van der Waals surface area contributed by atoms with Crippen LogP contribution in [-0.2, 0) is 12.8 Å². The second kappa shape index (κ2) is 7.55. The topological polar surface area (TPSA) is 9.23 Å². The van der Waals surface area contributed by atoms with Crippen molar-refractivity contribution in [3.8, 4) is 5.75 Å². The predicted octanol–water partition coefficient (Wildman–Crippen LogP) is 4.77. The molecule has 2 aromatic carbocycles. The van der Waals surface area contributed by atoms with E-state index in [9.17, 15) is 8.78 Å². The molecule has 0 N–H and O–H groups in total.